The molecule has 31 heavy (non-hydrogen) atoms. The summed E-state index contributed by atoms with van der Waals surface area (Å²) in [4.78, 5) is 37.1. The van der Waals surface area contributed by atoms with Crippen LogP contribution in [0.1, 0.15) is 48.9 Å². The highest BCUT2D eigenvalue weighted by Crippen LogP contribution is 2.39. The summed E-state index contributed by atoms with van der Waals surface area (Å²) < 4.78 is 16.6. The monoisotopic (exact) mass is 454 g/mol. The summed E-state index contributed by atoms with van der Waals surface area (Å²) in [6.07, 6.45) is 5.42. The number of hydrogen-bond donors (Lipinski definition) is 2. The molecule has 1 aromatic carbocycles. The van der Waals surface area contributed by atoms with Gasteiger partial charge >= 0.3 is 0 Å². The molecule has 0 saturated heterocycles. The third-order valence-electron chi connectivity index (χ3n) is 4.75. The van der Waals surface area contributed by atoms with Gasteiger partial charge in [0, 0.05) is 18.5 Å². The summed E-state index contributed by atoms with van der Waals surface area (Å²) in [6.45, 7) is 0.633. The molecule has 0 unspecified atom stereocenters. The van der Waals surface area contributed by atoms with Crippen LogP contribution in [0.4, 0.5) is 0 Å². The molecule has 0 aliphatic carbocycles. The Hall–Kier alpha value is -2.78. The summed E-state index contributed by atoms with van der Waals surface area (Å²) in [5, 5.41) is 8.48. The summed E-state index contributed by atoms with van der Waals surface area (Å²) >= 11 is 5.88. The maximum Gasteiger partial charge on any atom is 0.271 e. The number of hydrogen-bond acceptors (Lipinski definition) is 7. The van der Waals surface area contributed by atoms with Crippen molar-refractivity contribution < 1.29 is 33.8 Å². The normalized spacial score (nSPS) is 13.5. The van der Waals surface area contributed by atoms with Crippen LogP contribution < -0.4 is 19.7 Å². The molecule has 1 aromatic rings. The molecular formula is C21H27ClN2O7. The molecule has 0 radical (unpaired) electrons. The molecule has 9 nitrogen and oxygen atoms in total. The Balaban J connectivity index is 2.02. The maximum atomic E-state index is 12.9. The number of unbranched alkanes of at least 4 members (excludes halogenated alkanes) is 3. The van der Waals surface area contributed by atoms with Crippen molar-refractivity contribution in [1.29, 1.82) is 0 Å². The molecule has 2 rings (SSSR count). The lowest BCUT2D eigenvalue weighted by atomic mass is 10.1. The molecule has 1 heterocycles. The van der Waals surface area contributed by atoms with Crippen molar-refractivity contribution in [2.24, 2.45) is 0 Å². The highest BCUT2D eigenvalue weighted by Gasteiger charge is 2.29. The van der Waals surface area contributed by atoms with Crippen molar-refractivity contribution in [3.8, 4) is 17.2 Å². The van der Waals surface area contributed by atoms with E-state index in [2.05, 4.69) is 0 Å². The minimum absolute atomic E-state index is 0.0236. The van der Waals surface area contributed by atoms with Gasteiger partial charge in [0.15, 0.2) is 11.5 Å². The number of nitrogens with one attached hydrogen (secondary N) is 1. The van der Waals surface area contributed by atoms with E-state index in [1.165, 1.54) is 26.4 Å². The molecule has 0 atom stereocenters. The van der Waals surface area contributed by atoms with Crippen molar-refractivity contribution in [3.63, 3.8) is 0 Å². The van der Waals surface area contributed by atoms with Gasteiger partial charge in [-0.3, -0.25) is 24.5 Å². The molecule has 1 aliphatic rings. The summed E-state index contributed by atoms with van der Waals surface area (Å²) in [7, 11) is 2.90. The molecule has 0 fully saturated rings. The van der Waals surface area contributed by atoms with Crippen LogP contribution in [0.25, 0.3) is 0 Å². The fourth-order valence-electron chi connectivity index (χ4n) is 3.10. The number of amides is 3. The Morgan fingerprint density at radius 2 is 1.77 bits per heavy atom. The van der Waals surface area contributed by atoms with E-state index in [0.29, 0.717) is 36.7 Å². The maximum absolute atomic E-state index is 12.9. The van der Waals surface area contributed by atoms with Crippen LogP contribution in [0, 0.1) is 0 Å². The van der Waals surface area contributed by atoms with E-state index in [1.54, 1.807) is 11.6 Å². The fraction of sp³-hybridized carbons (Fsp3) is 0.476. The third kappa shape index (κ3) is 6.60. The van der Waals surface area contributed by atoms with Crippen LogP contribution in [-0.2, 0) is 9.59 Å². The minimum atomic E-state index is -0.535. The highest BCUT2D eigenvalue weighted by molar-refractivity contribution is 6.43. The number of nitrogens with zero attached hydrogens (tertiary/aromatic N) is 1. The second kappa shape index (κ2) is 12.2. The Morgan fingerprint density at radius 1 is 1.13 bits per heavy atom. The fourth-order valence-corrected chi connectivity index (χ4v) is 3.32. The van der Waals surface area contributed by atoms with E-state index in [9.17, 15) is 14.4 Å². The lowest BCUT2D eigenvalue weighted by molar-refractivity contribution is -0.129. The van der Waals surface area contributed by atoms with Gasteiger partial charge in [-0.05, 0) is 31.4 Å². The quantitative estimate of drug-likeness (QED) is 0.228. The second-order valence-electron chi connectivity index (χ2n) is 6.86. The number of carbonyl (C=O) groups is 3. The Bertz CT molecular complexity index is 816. The number of carbonyl (C=O) groups excluding carboxylic acids is 3. The lowest BCUT2D eigenvalue weighted by Gasteiger charge is -2.24. The van der Waals surface area contributed by atoms with Crippen molar-refractivity contribution in [2.45, 2.75) is 38.5 Å². The van der Waals surface area contributed by atoms with Crippen molar-refractivity contribution in [3.05, 3.63) is 28.8 Å². The molecule has 3 amide bonds. The predicted molar refractivity (Wildman–Crippen MR) is 113 cm³/mol. The first-order valence-electron chi connectivity index (χ1n) is 9.96. The zero-order chi connectivity index (χ0) is 22.8. The first-order valence-corrected chi connectivity index (χ1v) is 10.3. The number of imide groups is 1. The molecule has 170 valence electrons. The van der Waals surface area contributed by atoms with Crippen LogP contribution in [0.2, 0.25) is 0 Å². The Morgan fingerprint density at radius 3 is 2.39 bits per heavy atom. The van der Waals surface area contributed by atoms with Gasteiger partial charge in [-0.1, -0.05) is 30.5 Å². The largest absolute Gasteiger partial charge is 0.493 e. The van der Waals surface area contributed by atoms with Gasteiger partial charge in [0.1, 0.15) is 5.03 Å². The van der Waals surface area contributed by atoms with Gasteiger partial charge in [-0.2, -0.15) is 0 Å². The number of benzene rings is 1. The number of hydroxylamine groups is 1. The second-order valence-corrected chi connectivity index (χ2v) is 7.27. The molecule has 0 saturated carbocycles. The number of methoxy groups -OCH3 is 2. The highest BCUT2D eigenvalue weighted by atomic mass is 35.5. The molecular weight excluding hydrogens is 428 g/mol. The third-order valence-corrected chi connectivity index (χ3v) is 5.06. The average Bonchev–Trinajstić information content (AvgIpc) is 2.79. The summed E-state index contributed by atoms with van der Waals surface area (Å²) in [5.41, 5.74) is 1.83. The van der Waals surface area contributed by atoms with Gasteiger partial charge in [0.05, 0.1) is 20.8 Å². The van der Waals surface area contributed by atoms with E-state index in [0.717, 1.165) is 24.2 Å². The zero-order valence-electron chi connectivity index (χ0n) is 17.6. The molecule has 0 aromatic heterocycles. The van der Waals surface area contributed by atoms with E-state index in [-0.39, 0.29) is 23.6 Å². The summed E-state index contributed by atoms with van der Waals surface area (Å²) in [5.74, 6) is -0.435. The van der Waals surface area contributed by atoms with Crippen LogP contribution in [0.3, 0.4) is 0 Å². The van der Waals surface area contributed by atoms with Crippen LogP contribution in [0.5, 0.6) is 17.2 Å². The van der Waals surface area contributed by atoms with Gasteiger partial charge in [-0.25, -0.2) is 5.48 Å². The smallest absolute Gasteiger partial charge is 0.271 e. The van der Waals surface area contributed by atoms with Crippen LogP contribution in [-0.4, -0.2) is 55.2 Å². The number of ether oxygens (including phenoxy) is 3. The molecule has 10 heteroatoms. The minimum Gasteiger partial charge on any atom is -0.493 e. The first-order chi connectivity index (χ1) is 14.9. The van der Waals surface area contributed by atoms with E-state index >= 15 is 0 Å². The van der Waals surface area contributed by atoms with E-state index in [4.69, 9.17) is 31.0 Å². The van der Waals surface area contributed by atoms with Crippen LogP contribution >= 0.6 is 11.6 Å². The lowest BCUT2D eigenvalue weighted by Crippen LogP contribution is -2.39. The van der Waals surface area contributed by atoms with Crippen molar-refractivity contribution >= 4 is 29.3 Å². The Labute approximate surface area is 185 Å². The van der Waals surface area contributed by atoms with Gasteiger partial charge in [0.2, 0.25) is 11.7 Å². The molecule has 0 bridgehead atoms. The van der Waals surface area contributed by atoms with E-state index in [1.807, 2.05) is 0 Å². The predicted octanol–water partition coefficient (Wildman–Crippen LogP) is 3.03. The average molecular weight is 455 g/mol. The number of rotatable bonds is 11. The standard InChI is InChI=1S/C21H27ClN2O7/c1-29-16-12-14(20(26)24-10-7-8-15(22)21(24)27)13-17(30-2)19(16)31-11-6-4-3-5-9-18(25)23-28/h8,12-13,28H,3-7,9-11H2,1-2H3,(H,23,25). The topological polar surface area (TPSA) is 114 Å². The first kappa shape index (κ1) is 24.5. The Kier molecular flexibility index (Phi) is 9.61. The van der Waals surface area contributed by atoms with Gasteiger partial charge in [-0.15, -0.1) is 0 Å². The van der Waals surface area contributed by atoms with Crippen LogP contribution in [0.15, 0.2) is 23.2 Å². The van der Waals surface area contributed by atoms with E-state index < -0.39 is 17.7 Å². The zero-order valence-corrected chi connectivity index (χ0v) is 18.4. The van der Waals surface area contributed by atoms with Crippen molar-refractivity contribution in [2.75, 3.05) is 27.4 Å². The SMILES string of the molecule is COc1cc(C(=O)N2CCC=C(Cl)C2=O)cc(OC)c1OCCCCCCC(=O)NO. The summed E-state index contributed by atoms with van der Waals surface area (Å²) in [6, 6.07) is 3.01. The molecule has 0 spiro atoms. The van der Waals surface area contributed by atoms with Crippen molar-refractivity contribution in [1.82, 2.24) is 10.4 Å². The number of halogens is 1. The van der Waals surface area contributed by atoms with Gasteiger partial charge in [0.25, 0.3) is 11.8 Å². The molecule has 2 N–H and O–H groups in total. The van der Waals surface area contributed by atoms with Gasteiger partial charge < -0.3 is 14.2 Å². The molecule has 1 aliphatic heterocycles.